The van der Waals surface area contributed by atoms with Crippen LogP contribution >= 0.6 is 0 Å². The molecular formula is C17H19N5O2. The number of hydrogen-bond donors (Lipinski definition) is 2. The molecule has 0 radical (unpaired) electrons. The second-order valence-corrected chi connectivity index (χ2v) is 5.67. The Balaban J connectivity index is 1.62. The van der Waals surface area contributed by atoms with Crippen LogP contribution in [0.5, 0.6) is 0 Å². The molecule has 3 rings (SSSR count). The number of aromatic nitrogens is 2. The summed E-state index contributed by atoms with van der Waals surface area (Å²) in [5.41, 5.74) is 1.57. The van der Waals surface area contributed by atoms with E-state index in [1.165, 1.54) is 26.0 Å². The molecule has 0 spiro atoms. The second-order valence-electron chi connectivity index (χ2n) is 5.67. The largest absolute Gasteiger partial charge is 0.355 e. The molecule has 2 N–H and O–H groups in total. The van der Waals surface area contributed by atoms with Crippen molar-refractivity contribution >= 4 is 29.0 Å². The first-order valence-electron chi connectivity index (χ1n) is 7.88. The average Bonchev–Trinajstić information content (AvgIpc) is 3.11. The van der Waals surface area contributed by atoms with Gasteiger partial charge in [-0.15, -0.1) is 0 Å². The first-order valence-corrected chi connectivity index (χ1v) is 7.88. The fraction of sp³-hybridized carbons (Fsp3) is 0.294. The number of benzene rings is 1. The maximum Gasteiger partial charge on any atom is 0.275 e. The molecule has 1 aromatic carbocycles. The van der Waals surface area contributed by atoms with Crippen molar-refractivity contribution in [3.05, 3.63) is 42.4 Å². The van der Waals surface area contributed by atoms with Crippen molar-refractivity contribution in [3.8, 4) is 0 Å². The fourth-order valence-corrected chi connectivity index (χ4v) is 2.58. The van der Waals surface area contributed by atoms with Crippen molar-refractivity contribution < 1.29 is 9.59 Å². The summed E-state index contributed by atoms with van der Waals surface area (Å²) in [6.07, 6.45) is 5.46. The molecule has 1 fully saturated rings. The number of nitrogens with one attached hydrogen (secondary N) is 2. The molecule has 1 aliphatic rings. The number of rotatable bonds is 4. The molecule has 1 aliphatic heterocycles. The zero-order chi connectivity index (χ0) is 16.9. The summed E-state index contributed by atoms with van der Waals surface area (Å²) >= 11 is 0. The molecule has 2 amide bonds. The van der Waals surface area contributed by atoms with Gasteiger partial charge in [0.15, 0.2) is 0 Å². The number of carbonyl (C=O) groups excluding carboxylic acids is 2. The number of amides is 2. The van der Waals surface area contributed by atoms with Crippen molar-refractivity contribution in [3.63, 3.8) is 0 Å². The smallest absolute Gasteiger partial charge is 0.275 e. The zero-order valence-electron chi connectivity index (χ0n) is 13.5. The summed E-state index contributed by atoms with van der Waals surface area (Å²) in [7, 11) is 0. The Labute approximate surface area is 140 Å². The SMILES string of the molecule is CC(=O)Nc1ccc(NC(=O)c2cnc(N3CCCC3)cn2)cc1. The van der Waals surface area contributed by atoms with Gasteiger partial charge in [0.25, 0.3) is 5.91 Å². The summed E-state index contributed by atoms with van der Waals surface area (Å²) in [5, 5.41) is 5.43. The van der Waals surface area contributed by atoms with E-state index >= 15 is 0 Å². The van der Waals surface area contributed by atoms with Gasteiger partial charge in [0.1, 0.15) is 11.5 Å². The van der Waals surface area contributed by atoms with Gasteiger partial charge in [-0.3, -0.25) is 9.59 Å². The molecule has 0 bridgehead atoms. The Bertz CT molecular complexity index is 722. The molecule has 1 aromatic heterocycles. The van der Waals surface area contributed by atoms with E-state index < -0.39 is 0 Å². The molecule has 24 heavy (non-hydrogen) atoms. The summed E-state index contributed by atoms with van der Waals surface area (Å²) in [6.45, 7) is 3.42. The Morgan fingerprint density at radius 3 is 2.12 bits per heavy atom. The molecular weight excluding hydrogens is 306 g/mol. The van der Waals surface area contributed by atoms with Crippen molar-refractivity contribution in [2.75, 3.05) is 28.6 Å². The van der Waals surface area contributed by atoms with E-state index in [0.717, 1.165) is 18.9 Å². The number of anilines is 3. The molecule has 1 saturated heterocycles. The van der Waals surface area contributed by atoms with Crippen LogP contribution in [-0.4, -0.2) is 34.9 Å². The van der Waals surface area contributed by atoms with E-state index in [9.17, 15) is 9.59 Å². The standard InChI is InChI=1S/C17H19N5O2/c1-12(23)20-13-4-6-14(7-5-13)21-17(24)15-10-19-16(11-18-15)22-8-2-3-9-22/h4-7,10-11H,2-3,8-9H2,1H3,(H,20,23)(H,21,24). The van der Waals surface area contributed by atoms with Crippen LogP contribution in [0.1, 0.15) is 30.3 Å². The van der Waals surface area contributed by atoms with E-state index in [4.69, 9.17) is 0 Å². The maximum atomic E-state index is 12.2. The molecule has 0 aliphatic carbocycles. The molecule has 2 aromatic rings. The molecule has 7 heteroatoms. The summed E-state index contributed by atoms with van der Waals surface area (Å²) in [4.78, 5) is 33.9. The van der Waals surface area contributed by atoms with Crippen LogP contribution in [0.2, 0.25) is 0 Å². The van der Waals surface area contributed by atoms with Crippen molar-refractivity contribution in [2.45, 2.75) is 19.8 Å². The van der Waals surface area contributed by atoms with Crippen LogP contribution in [-0.2, 0) is 4.79 Å². The Kier molecular flexibility index (Phi) is 4.69. The maximum absolute atomic E-state index is 12.2. The predicted molar refractivity (Wildman–Crippen MR) is 92.2 cm³/mol. The molecule has 0 unspecified atom stereocenters. The van der Waals surface area contributed by atoms with Crippen LogP contribution in [0.4, 0.5) is 17.2 Å². The lowest BCUT2D eigenvalue weighted by molar-refractivity contribution is -0.114. The van der Waals surface area contributed by atoms with Crippen LogP contribution in [0.3, 0.4) is 0 Å². The highest BCUT2D eigenvalue weighted by Gasteiger charge is 2.15. The van der Waals surface area contributed by atoms with Gasteiger partial charge >= 0.3 is 0 Å². The molecule has 2 heterocycles. The molecule has 0 atom stereocenters. The summed E-state index contributed by atoms with van der Waals surface area (Å²) in [6, 6.07) is 6.88. The van der Waals surface area contributed by atoms with Crippen molar-refractivity contribution in [1.29, 1.82) is 0 Å². The monoisotopic (exact) mass is 325 g/mol. The highest BCUT2D eigenvalue weighted by atomic mass is 16.2. The third kappa shape index (κ3) is 3.87. The first kappa shape index (κ1) is 15.9. The first-order chi connectivity index (χ1) is 11.6. The van der Waals surface area contributed by atoms with Gasteiger partial charge < -0.3 is 15.5 Å². The topological polar surface area (TPSA) is 87.2 Å². The fourth-order valence-electron chi connectivity index (χ4n) is 2.58. The molecule has 7 nitrogen and oxygen atoms in total. The minimum Gasteiger partial charge on any atom is -0.355 e. The lowest BCUT2D eigenvalue weighted by atomic mass is 10.2. The van der Waals surface area contributed by atoms with E-state index in [1.807, 2.05) is 0 Å². The third-order valence-corrected chi connectivity index (χ3v) is 3.76. The van der Waals surface area contributed by atoms with Gasteiger partial charge in [0, 0.05) is 31.4 Å². The van der Waals surface area contributed by atoms with Gasteiger partial charge in [0.2, 0.25) is 5.91 Å². The highest BCUT2D eigenvalue weighted by molar-refractivity contribution is 6.02. The molecule has 124 valence electrons. The minimum atomic E-state index is -0.317. The Hall–Kier alpha value is -2.96. The van der Waals surface area contributed by atoms with Crippen LogP contribution in [0, 0.1) is 0 Å². The normalized spacial score (nSPS) is 13.6. The summed E-state index contributed by atoms with van der Waals surface area (Å²) in [5.74, 6) is 0.353. The molecule has 0 saturated carbocycles. The summed E-state index contributed by atoms with van der Waals surface area (Å²) < 4.78 is 0. The van der Waals surface area contributed by atoms with Gasteiger partial charge in [-0.05, 0) is 37.1 Å². The highest BCUT2D eigenvalue weighted by Crippen LogP contribution is 2.17. The number of carbonyl (C=O) groups is 2. The number of hydrogen-bond acceptors (Lipinski definition) is 5. The predicted octanol–water partition coefficient (Wildman–Crippen LogP) is 2.29. The lowest BCUT2D eigenvalue weighted by Gasteiger charge is -2.15. The zero-order valence-corrected chi connectivity index (χ0v) is 13.5. The Morgan fingerprint density at radius 1 is 0.958 bits per heavy atom. The van der Waals surface area contributed by atoms with Gasteiger partial charge in [-0.2, -0.15) is 0 Å². The lowest BCUT2D eigenvalue weighted by Crippen LogP contribution is -2.20. The second kappa shape index (κ2) is 7.08. The Morgan fingerprint density at radius 2 is 1.58 bits per heavy atom. The van der Waals surface area contributed by atoms with Gasteiger partial charge in [-0.1, -0.05) is 0 Å². The minimum absolute atomic E-state index is 0.139. The van der Waals surface area contributed by atoms with E-state index in [2.05, 4.69) is 25.5 Å². The van der Waals surface area contributed by atoms with Crippen molar-refractivity contribution in [2.24, 2.45) is 0 Å². The third-order valence-electron chi connectivity index (χ3n) is 3.76. The van der Waals surface area contributed by atoms with Crippen molar-refractivity contribution in [1.82, 2.24) is 9.97 Å². The van der Waals surface area contributed by atoms with Crippen LogP contribution in [0.15, 0.2) is 36.7 Å². The van der Waals surface area contributed by atoms with Crippen LogP contribution < -0.4 is 15.5 Å². The van der Waals surface area contributed by atoms with Crippen LogP contribution in [0.25, 0.3) is 0 Å². The van der Waals surface area contributed by atoms with E-state index in [0.29, 0.717) is 11.4 Å². The van der Waals surface area contributed by atoms with Gasteiger partial charge in [0.05, 0.1) is 12.4 Å². The quantitative estimate of drug-likeness (QED) is 0.900. The number of nitrogens with zero attached hydrogens (tertiary/aromatic N) is 3. The van der Waals surface area contributed by atoms with E-state index in [-0.39, 0.29) is 17.5 Å². The van der Waals surface area contributed by atoms with E-state index in [1.54, 1.807) is 30.5 Å². The average molecular weight is 325 g/mol. The van der Waals surface area contributed by atoms with Gasteiger partial charge in [-0.25, -0.2) is 9.97 Å².